The van der Waals surface area contributed by atoms with Gasteiger partial charge in [-0.15, -0.1) is 0 Å². The highest BCUT2D eigenvalue weighted by Gasteiger charge is 2.10. The molecule has 0 aliphatic rings. The molecule has 7 nitrogen and oxygen atoms in total. The van der Waals surface area contributed by atoms with Gasteiger partial charge in [0.25, 0.3) is 5.91 Å². The Labute approximate surface area is 137 Å². The van der Waals surface area contributed by atoms with Crippen molar-refractivity contribution < 1.29 is 19.1 Å². The van der Waals surface area contributed by atoms with E-state index in [1.54, 1.807) is 18.2 Å². The first-order valence-electron chi connectivity index (χ1n) is 6.15. The van der Waals surface area contributed by atoms with E-state index in [9.17, 15) is 14.4 Å². The summed E-state index contributed by atoms with van der Waals surface area (Å²) in [6, 6.07) is 6.32. The zero-order valence-corrected chi connectivity index (χ0v) is 13.2. The molecule has 0 saturated heterocycles. The molecule has 9 heteroatoms. The Morgan fingerprint density at radius 2 is 1.95 bits per heavy atom. The summed E-state index contributed by atoms with van der Waals surface area (Å²) in [5, 5.41) is 2.64. The fraction of sp³-hybridized carbons (Fsp3) is 0.231. The summed E-state index contributed by atoms with van der Waals surface area (Å²) in [6.07, 6.45) is -0.128. The Hall–Kier alpha value is -2.19. The van der Waals surface area contributed by atoms with Gasteiger partial charge in [0.2, 0.25) is 5.91 Å². The van der Waals surface area contributed by atoms with Gasteiger partial charge in [0, 0.05) is 17.0 Å². The Bertz CT molecular complexity index is 594. The van der Waals surface area contributed by atoms with Crippen molar-refractivity contribution in [3.05, 3.63) is 34.9 Å². The monoisotopic (exact) mass is 343 g/mol. The summed E-state index contributed by atoms with van der Waals surface area (Å²) in [5.74, 6) is -1.43. The van der Waals surface area contributed by atoms with E-state index in [1.807, 2.05) is 0 Å². The van der Waals surface area contributed by atoms with Crippen molar-refractivity contribution in [1.29, 1.82) is 0 Å². The number of rotatable bonds is 4. The van der Waals surface area contributed by atoms with Crippen LogP contribution in [0.2, 0.25) is 5.02 Å². The summed E-state index contributed by atoms with van der Waals surface area (Å²) in [7, 11) is 1.23. The predicted molar refractivity (Wildman–Crippen MR) is 84.0 cm³/mol. The molecule has 0 saturated carbocycles. The summed E-state index contributed by atoms with van der Waals surface area (Å²) in [5.41, 5.74) is 5.02. The van der Waals surface area contributed by atoms with Crippen LogP contribution in [0.1, 0.15) is 23.2 Å². The lowest BCUT2D eigenvalue weighted by Gasteiger charge is -2.10. The van der Waals surface area contributed by atoms with Gasteiger partial charge in [-0.05, 0) is 30.4 Å². The van der Waals surface area contributed by atoms with E-state index >= 15 is 0 Å². The minimum absolute atomic E-state index is 0.0557. The van der Waals surface area contributed by atoms with Crippen LogP contribution in [0.4, 0.5) is 0 Å². The van der Waals surface area contributed by atoms with Crippen molar-refractivity contribution >= 4 is 46.7 Å². The van der Waals surface area contributed by atoms with Gasteiger partial charge in [0.1, 0.15) is 0 Å². The zero-order valence-electron chi connectivity index (χ0n) is 11.6. The number of thiocarbonyl (C=S) groups is 1. The van der Waals surface area contributed by atoms with Crippen LogP contribution < -0.4 is 16.2 Å². The molecule has 0 atom stereocenters. The highest BCUT2D eigenvalue weighted by atomic mass is 35.5. The summed E-state index contributed by atoms with van der Waals surface area (Å²) in [4.78, 5) is 34.1. The van der Waals surface area contributed by atoms with Crippen molar-refractivity contribution in [2.45, 2.75) is 12.8 Å². The molecule has 0 unspecified atom stereocenters. The molecule has 0 fully saturated rings. The quantitative estimate of drug-likeness (QED) is 0.427. The largest absolute Gasteiger partial charge is 0.469 e. The van der Waals surface area contributed by atoms with Crippen LogP contribution in [0.25, 0.3) is 0 Å². The first kappa shape index (κ1) is 17.9. The highest BCUT2D eigenvalue weighted by Crippen LogP contribution is 2.09. The fourth-order valence-corrected chi connectivity index (χ4v) is 1.71. The minimum atomic E-state index is -0.497. The molecule has 0 aromatic heterocycles. The van der Waals surface area contributed by atoms with Crippen LogP contribution in [-0.2, 0) is 14.3 Å². The third-order valence-corrected chi connectivity index (χ3v) is 2.85. The van der Waals surface area contributed by atoms with Gasteiger partial charge in [-0.2, -0.15) is 0 Å². The van der Waals surface area contributed by atoms with Crippen LogP contribution >= 0.6 is 23.8 Å². The molecule has 0 aliphatic carbocycles. The van der Waals surface area contributed by atoms with Gasteiger partial charge < -0.3 is 10.1 Å². The summed E-state index contributed by atoms with van der Waals surface area (Å²) < 4.78 is 4.41. The van der Waals surface area contributed by atoms with E-state index in [-0.39, 0.29) is 18.0 Å². The number of hydrogen-bond acceptors (Lipinski definition) is 5. The second-order valence-electron chi connectivity index (χ2n) is 4.04. The number of carbonyl (C=O) groups is 3. The van der Waals surface area contributed by atoms with Crippen molar-refractivity contribution in [2.75, 3.05) is 7.11 Å². The van der Waals surface area contributed by atoms with Gasteiger partial charge in [-0.25, -0.2) is 0 Å². The first-order valence-corrected chi connectivity index (χ1v) is 6.93. The smallest absolute Gasteiger partial charge is 0.306 e. The molecule has 0 radical (unpaired) electrons. The molecule has 118 valence electrons. The molecule has 0 spiro atoms. The molecule has 0 heterocycles. The van der Waals surface area contributed by atoms with Gasteiger partial charge >= 0.3 is 5.97 Å². The van der Waals surface area contributed by atoms with Crippen molar-refractivity contribution in [2.24, 2.45) is 0 Å². The van der Waals surface area contributed by atoms with E-state index in [1.165, 1.54) is 13.2 Å². The average Bonchev–Trinajstić information content (AvgIpc) is 2.50. The molecule has 0 aliphatic heterocycles. The summed E-state index contributed by atoms with van der Waals surface area (Å²) in [6.45, 7) is 0. The molecule has 2 amide bonds. The van der Waals surface area contributed by atoms with E-state index in [0.717, 1.165) is 0 Å². The summed E-state index contributed by atoms with van der Waals surface area (Å²) >= 11 is 10.6. The number of methoxy groups -OCH3 is 1. The second kappa shape index (κ2) is 8.96. The van der Waals surface area contributed by atoms with Crippen LogP contribution in [0.5, 0.6) is 0 Å². The van der Waals surface area contributed by atoms with Crippen LogP contribution in [-0.4, -0.2) is 30.0 Å². The Kier molecular flexibility index (Phi) is 7.27. The van der Waals surface area contributed by atoms with Crippen LogP contribution in [0.15, 0.2) is 24.3 Å². The van der Waals surface area contributed by atoms with Crippen molar-refractivity contribution in [3.63, 3.8) is 0 Å². The molecular weight excluding hydrogens is 330 g/mol. The third kappa shape index (κ3) is 6.51. The lowest BCUT2D eigenvalue weighted by atomic mass is 10.2. The fourth-order valence-electron chi connectivity index (χ4n) is 1.35. The van der Waals surface area contributed by atoms with Gasteiger partial charge in [0.05, 0.1) is 13.5 Å². The number of benzene rings is 1. The molecule has 1 rings (SSSR count). The van der Waals surface area contributed by atoms with E-state index in [2.05, 4.69) is 20.9 Å². The number of hydrogen-bond donors (Lipinski definition) is 3. The molecule has 1 aromatic rings. The molecular formula is C13H14ClN3O4S. The standard InChI is InChI=1S/C13H14ClN3O4S/c1-21-11(19)6-5-10(18)15-13(22)17-16-12(20)8-3-2-4-9(14)7-8/h2-4,7H,5-6H2,1H3,(H,16,20)(H2,15,17,18,22). The molecule has 0 bridgehead atoms. The third-order valence-electron chi connectivity index (χ3n) is 2.41. The predicted octanol–water partition coefficient (Wildman–Crippen LogP) is 0.929. The maximum Gasteiger partial charge on any atom is 0.306 e. The highest BCUT2D eigenvalue weighted by molar-refractivity contribution is 7.80. The molecule has 3 N–H and O–H groups in total. The van der Waals surface area contributed by atoms with E-state index < -0.39 is 17.8 Å². The number of esters is 1. The topological polar surface area (TPSA) is 96.5 Å². The number of nitrogens with one attached hydrogen (secondary N) is 3. The number of ether oxygens (including phenoxy) is 1. The number of amides is 2. The number of carbonyl (C=O) groups excluding carboxylic acids is 3. The maximum absolute atomic E-state index is 11.8. The van der Waals surface area contributed by atoms with E-state index in [0.29, 0.717) is 10.6 Å². The molecule has 1 aromatic carbocycles. The van der Waals surface area contributed by atoms with Crippen LogP contribution in [0, 0.1) is 0 Å². The van der Waals surface area contributed by atoms with Crippen molar-refractivity contribution in [1.82, 2.24) is 16.2 Å². The lowest BCUT2D eigenvalue weighted by molar-refractivity contribution is -0.142. The van der Waals surface area contributed by atoms with Gasteiger partial charge in [0.15, 0.2) is 5.11 Å². The normalized spacial score (nSPS) is 9.55. The maximum atomic E-state index is 11.8. The Morgan fingerprint density at radius 3 is 2.59 bits per heavy atom. The average molecular weight is 344 g/mol. The Balaban J connectivity index is 2.35. The number of hydrazine groups is 1. The Morgan fingerprint density at radius 1 is 1.23 bits per heavy atom. The zero-order chi connectivity index (χ0) is 16.5. The van der Waals surface area contributed by atoms with E-state index in [4.69, 9.17) is 23.8 Å². The minimum Gasteiger partial charge on any atom is -0.469 e. The SMILES string of the molecule is COC(=O)CCC(=O)NC(=S)NNC(=O)c1cccc(Cl)c1. The number of halogens is 1. The van der Waals surface area contributed by atoms with Crippen molar-refractivity contribution in [3.8, 4) is 0 Å². The molecule has 22 heavy (non-hydrogen) atoms. The lowest BCUT2D eigenvalue weighted by Crippen LogP contribution is -2.48. The second-order valence-corrected chi connectivity index (χ2v) is 4.89. The van der Waals surface area contributed by atoms with Gasteiger partial charge in [-0.1, -0.05) is 17.7 Å². The first-order chi connectivity index (χ1) is 10.4. The van der Waals surface area contributed by atoms with Crippen LogP contribution in [0.3, 0.4) is 0 Å². The van der Waals surface area contributed by atoms with Gasteiger partial charge in [-0.3, -0.25) is 25.2 Å².